The molecule has 11 aromatic rings. The van der Waals surface area contributed by atoms with E-state index < -0.39 is 0 Å². The van der Waals surface area contributed by atoms with Gasteiger partial charge < -0.3 is 13.7 Å². The lowest BCUT2D eigenvalue weighted by Gasteiger charge is -2.28. The lowest BCUT2D eigenvalue weighted by atomic mass is 9.95. The van der Waals surface area contributed by atoms with Crippen LogP contribution in [0.3, 0.4) is 0 Å². The Labute approximate surface area is 317 Å². The van der Waals surface area contributed by atoms with Crippen molar-refractivity contribution in [3.63, 3.8) is 0 Å². The first-order chi connectivity index (χ1) is 27.2. The molecule has 0 aliphatic rings. The fourth-order valence-electron chi connectivity index (χ4n) is 8.23. The molecule has 55 heavy (non-hydrogen) atoms. The first-order valence-electron chi connectivity index (χ1n) is 18.7. The second-order valence-corrected chi connectivity index (χ2v) is 14.1. The average Bonchev–Trinajstić information content (AvgIpc) is 3.82. The highest BCUT2D eigenvalue weighted by Gasteiger charge is 2.20. The van der Waals surface area contributed by atoms with Crippen LogP contribution in [0.5, 0.6) is 0 Å². The predicted octanol–water partition coefficient (Wildman–Crippen LogP) is 15.1. The maximum absolute atomic E-state index is 6.26. The van der Waals surface area contributed by atoms with Crippen molar-refractivity contribution >= 4 is 71.7 Å². The molecule has 9 aromatic carbocycles. The number of hydrogen-bond acceptors (Lipinski definition) is 3. The first-order valence-corrected chi connectivity index (χ1v) is 18.7. The van der Waals surface area contributed by atoms with Gasteiger partial charge in [-0.25, -0.2) is 0 Å². The molecule has 0 atom stereocenters. The summed E-state index contributed by atoms with van der Waals surface area (Å²) in [4.78, 5) is 2.37. The summed E-state index contributed by atoms with van der Waals surface area (Å²) in [5.74, 6) is 0. The molecule has 0 radical (unpaired) electrons. The fourth-order valence-corrected chi connectivity index (χ4v) is 8.23. The molecule has 0 spiro atoms. The Hall–Kier alpha value is -7.36. The molecule has 0 aliphatic carbocycles. The zero-order valence-corrected chi connectivity index (χ0v) is 29.8. The zero-order chi connectivity index (χ0) is 36.3. The highest BCUT2D eigenvalue weighted by Crippen LogP contribution is 2.44. The summed E-state index contributed by atoms with van der Waals surface area (Å²) in [5.41, 5.74) is 13.8. The van der Waals surface area contributed by atoms with Crippen molar-refractivity contribution in [2.24, 2.45) is 0 Å². The average molecular weight is 704 g/mol. The normalized spacial score (nSPS) is 11.6. The summed E-state index contributed by atoms with van der Waals surface area (Å²) >= 11 is 0. The van der Waals surface area contributed by atoms with Gasteiger partial charge in [0.15, 0.2) is 0 Å². The van der Waals surface area contributed by atoms with Crippen molar-refractivity contribution in [2.75, 3.05) is 4.90 Å². The fraction of sp³-hybridized carbons (Fsp3) is 0. The van der Waals surface area contributed by atoms with Crippen LogP contribution in [-0.2, 0) is 0 Å². The predicted molar refractivity (Wildman–Crippen MR) is 229 cm³/mol. The van der Waals surface area contributed by atoms with E-state index in [9.17, 15) is 0 Å². The summed E-state index contributed by atoms with van der Waals surface area (Å²) in [6.07, 6.45) is 0. The largest absolute Gasteiger partial charge is 0.456 e. The molecular weight excluding hydrogens is 671 g/mol. The highest BCUT2D eigenvalue weighted by atomic mass is 16.3. The topological polar surface area (TPSA) is 29.5 Å². The Balaban J connectivity index is 1.05. The summed E-state index contributed by atoms with van der Waals surface area (Å²) < 4.78 is 12.5. The standard InChI is InChI=1S/C52H33NO2/c1-2-15-41-35(11-1)12-10-19-42(41)37-14-9-13-36(31-37)34-23-26-39(27-24-34)53(40-28-30-52-47(33-40)45-18-5-8-22-50(45)55-52)48-20-6-3-16-43(48)38-25-29-51-46(32-38)44-17-4-7-21-49(44)54-51/h1-33H. The van der Waals surface area contributed by atoms with Gasteiger partial charge in [0.25, 0.3) is 0 Å². The van der Waals surface area contributed by atoms with Crippen LogP contribution >= 0.6 is 0 Å². The number of hydrogen-bond donors (Lipinski definition) is 0. The number of anilines is 3. The van der Waals surface area contributed by atoms with Gasteiger partial charge in [0, 0.05) is 38.5 Å². The van der Waals surface area contributed by atoms with Gasteiger partial charge in [-0.05, 0) is 105 Å². The van der Waals surface area contributed by atoms with Crippen LogP contribution in [0.4, 0.5) is 17.1 Å². The second kappa shape index (κ2) is 12.6. The van der Waals surface area contributed by atoms with Gasteiger partial charge in [0.05, 0.1) is 5.69 Å². The molecule has 0 unspecified atom stereocenters. The molecule has 0 N–H and O–H groups in total. The summed E-state index contributed by atoms with van der Waals surface area (Å²) in [7, 11) is 0. The maximum Gasteiger partial charge on any atom is 0.135 e. The van der Waals surface area contributed by atoms with Crippen molar-refractivity contribution in [2.45, 2.75) is 0 Å². The van der Waals surface area contributed by atoms with E-state index in [1.165, 1.54) is 27.5 Å². The van der Waals surface area contributed by atoms with E-state index in [0.29, 0.717) is 0 Å². The molecule has 2 heterocycles. The van der Waals surface area contributed by atoms with E-state index >= 15 is 0 Å². The molecule has 0 saturated heterocycles. The minimum Gasteiger partial charge on any atom is -0.456 e. The molecule has 2 aromatic heterocycles. The SMILES string of the molecule is c1cc(-c2ccc(N(c3ccc4oc5ccccc5c4c3)c3ccccc3-c3ccc4oc5ccccc5c4c3)cc2)cc(-c2cccc3ccccc23)c1. The number of nitrogens with zero attached hydrogens (tertiary/aromatic N) is 1. The molecular formula is C52H33NO2. The molecule has 11 rings (SSSR count). The Bertz CT molecular complexity index is 3220. The van der Waals surface area contributed by atoms with Gasteiger partial charge in [-0.15, -0.1) is 0 Å². The highest BCUT2D eigenvalue weighted by molar-refractivity contribution is 6.08. The molecule has 0 aliphatic heterocycles. The quantitative estimate of drug-likeness (QED) is 0.173. The van der Waals surface area contributed by atoms with E-state index in [1.54, 1.807) is 0 Å². The zero-order valence-electron chi connectivity index (χ0n) is 29.8. The smallest absolute Gasteiger partial charge is 0.135 e. The van der Waals surface area contributed by atoms with Crippen molar-refractivity contribution in [3.05, 3.63) is 200 Å². The van der Waals surface area contributed by atoms with E-state index in [4.69, 9.17) is 8.83 Å². The Morgan fingerprint density at radius 2 is 0.818 bits per heavy atom. The molecule has 258 valence electrons. The van der Waals surface area contributed by atoms with E-state index in [2.05, 4.69) is 181 Å². The molecule has 0 bridgehead atoms. The lowest BCUT2D eigenvalue weighted by molar-refractivity contribution is 0.668. The molecule has 3 heteroatoms. The Morgan fingerprint density at radius 3 is 1.62 bits per heavy atom. The molecule has 0 fully saturated rings. The minimum atomic E-state index is 0.872. The van der Waals surface area contributed by atoms with Crippen LogP contribution in [-0.4, -0.2) is 0 Å². The van der Waals surface area contributed by atoms with Gasteiger partial charge in [0.2, 0.25) is 0 Å². The minimum absolute atomic E-state index is 0.872. The van der Waals surface area contributed by atoms with Crippen molar-refractivity contribution in [3.8, 4) is 33.4 Å². The third-order valence-corrected chi connectivity index (χ3v) is 10.9. The Morgan fingerprint density at radius 1 is 0.291 bits per heavy atom. The number of furan rings is 2. The third kappa shape index (κ3) is 5.28. The van der Waals surface area contributed by atoms with Crippen LogP contribution in [0.1, 0.15) is 0 Å². The van der Waals surface area contributed by atoms with E-state index in [-0.39, 0.29) is 0 Å². The number of para-hydroxylation sites is 3. The van der Waals surface area contributed by atoms with Crippen molar-refractivity contribution in [1.29, 1.82) is 0 Å². The van der Waals surface area contributed by atoms with Crippen LogP contribution in [0, 0.1) is 0 Å². The summed E-state index contributed by atoms with van der Waals surface area (Å²) in [6.45, 7) is 0. The molecule has 0 saturated carbocycles. The number of benzene rings is 9. The van der Waals surface area contributed by atoms with Gasteiger partial charge in [-0.3, -0.25) is 0 Å². The lowest BCUT2D eigenvalue weighted by Crippen LogP contribution is -2.11. The monoisotopic (exact) mass is 703 g/mol. The van der Waals surface area contributed by atoms with E-state index in [1.807, 2.05) is 24.3 Å². The second-order valence-electron chi connectivity index (χ2n) is 14.1. The van der Waals surface area contributed by atoms with Gasteiger partial charge >= 0.3 is 0 Å². The van der Waals surface area contributed by atoms with Crippen molar-refractivity contribution in [1.82, 2.24) is 0 Å². The Kier molecular flexibility index (Phi) is 7.17. The first kappa shape index (κ1) is 31.2. The van der Waals surface area contributed by atoms with Gasteiger partial charge in [0.1, 0.15) is 22.3 Å². The summed E-state index contributed by atoms with van der Waals surface area (Å²) in [5, 5.41) is 6.92. The van der Waals surface area contributed by atoms with Gasteiger partial charge in [-0.1, -0.05) is 133 Å². The van der Waals surface area contributed by atoms with Crippen LogP contribution in [0.25, 0.3) is 88.0 Å². The van der Waals surface area contributed by atoms with Crippen LogP contribution < -0.4 is 4.90 Å². The number of rotatable bonds is 6. The van der Waals surface area contributed by atoms with Crippen LogP contribution in [0.15, 0.2) is 209 Å². The van der Waals surface area contributed by atoms with Crippen LogP contribution in [0.2, 0.25) is 0 Å². The molecule has 3 nitrogen and oxygen atoms in total. The van der Waals surface area contributed by atoms with E-state index in [0.717, 1.165) is 77.6 Å². The summed E-state index contributed by atoms with van der Waals surface area (Å²) in [6, 6.07) is 71.2. The third-order valence-electron chi connectivity index (χ3n) is 10.9. The van der Waals surface area contributed by atoms with Gasteiger partial charge in [-0.2, -0.15) is 0 Å². The number of fused-ring (bicyclic) bond motifs is 7. The molecule has 0 amide bonds. The maximum atomic E-state index is 6.26. The van der Waals surface area contributed by atoms with Crippen molar-refractivity contribution < 1.29 is 8.83 Å².